The summed E-state index contributed by atoms with van der Waals surface area (Å²) in [7, 11) is 1.67. The summed E-state index contributed by atoms with van der Waals surface area (Å²) in [6.07, 6.45) is 4.81. The highest BCUT2D eigenvalue weighted by Gasteiger charge is 2.04. The summed E-state index contributed by atoms with van der Waals surface area (Å²) in [5.41, 5.74) is 3.24. The largest absolute Gasteiger partial charge is 0.495 e. The topological polar surface area (TPSA) is 26.5 Å². The summed E-state index contributed by atoms with van der Waals surface area (Å²) in [6, 6.07) is 12.2. The van der Waals surface area contributed by atoms with E-state index in [1.807, 2.05) is 41.1 Å². The van der Waals surface area contributed by atoms with Crippen molar-refractivity contribution in [3.63, 3.8) is 0 Å². The van der Waals surface area contributed by atoms with Crippen LogP contribution in [0.15, 0.2) is 53.3 Å². The zero-order valence-electron chi connectivity index (χ0n) is 10.5. The van der Waals surface area contributed by atoms with Crippen molar-refractivity contribution in [3.05, 3.63) is 64.5 Å². The number of methoxy groups -OCH3 is 1. The number of aromatic nitrogens is 2. The fourth-order valence-corrected chi connectivity index (χ4v) is 2.31. The molecule has 0 unspecified atom stereocenters. The molecule has 0 aliphatic heterocycles. The maximum atomic E-state index is 5.21. The molecule has 0 aliphatic carbocycles. The summed E-state index contributed by atoms with van der Waals surface area (Å²) >= 11 is 3.44. The average Bonchev–Trinajstić information content (AvgIpc) is 2.82. The second kappa shape index (κ2) is 5.05. The number of hydrogen-bond acceptors (Lipinski definition) is 2. The van der Waals surface area contributed by atoms with Crippen molar-refractivity contribution in [2.45, 2.75) is 6.42 Å². The van der Waals surface area contributed by atoms with Gasteiger partial charge in [0.15, 0.2) is 0 Å². The number of rotatable bonds is 3. The number of fused-ring (bicyclic) bond motifs is 1. The number of imidazole rings is 1. The summed E-state index contributed by atoms with van der Waals surface area (Å²) in [6.45, 7) is 0. The molecular formula is C15H13BrN2O. The van der Waals surface area contributed by atoms with E-state index in [4.69, 9.17) is 4.74 Å². The summed E-state index contributed by atoms with van der Waals surface area (Å²) < 4.78 is 8.30. The average molecular weight is 317 g/mol. The molecule has 3 aromatic rings. The third-order valence-electron chi connectivity index (χ3n) is 3.01. The highest BCUT2D eigenvalue weighted by atomic mass is 79.9. The number of hydrogen-bond donors (Lipinski definition) is 0. The molecule has 4 heteroatoms. The first-order valence-corrected chi connectivity index (χ1v) is 6.80. The van der Waals surface area contributed by atoms with Crippen molar-refractivity contribution in [2.75, 3.05) is 7.11 Å². The first kappa shape index (κ1) is 12.2. The molecule has 0 bridgehead atoms. The second-order valence-corrected chi connectivity index (χ2v) is 5.29. The van der Waals surface area contributed by atoms with Crippen LogP contribution in [0.3, 0.4) is 0 Å². The molecule has 2 heterocycles. The number of ether oxygens (including phenoxy) is 1. The lowest BCUT2D eigenvalue weighted by Gasteiger charge is -1.98. The zero-order valence-corrected chi connectivity index (χ0v) is 12.1. The van der Waals surface area contributed by atoms with Gasteiger partial charge in [-0.2, -0.15) is 0 Å². The van der Waals surface area contributed by atoms with Crippen molar-refractivity contribution >= 4 is 21.6 Å². The van der Waals surface area contributed by atoms with E-state index < -0.39 is 0 Å². The van der Waals surface area contributed by atoms with E-state index in [9.17, 15) is 0 Å². The Morgan fingerprint density at radius 1 is 1.11 bits per heavy atom. The van der Waals surface area contributed by atoms with Gasteiger partial charge in [-0.25, -0.2) is 4.98 Å². The molecule has 0 fully saturated rings. The minimum Gasteiger partial charge on any atom is -0.495 e. The van der Waals surface area contributed by atoms with Gasteiger partial charge < -0.3 is 9.14 Å². The molecular weight excluding hydrogens is 304 g/mol. The van der Waals surface area contributed by atoms with Crippen LogP contribution in [0.1, 0.15) is 11.3 Å². The van der Waals surface area contributed by atoms with Crippen LogP contribution in [0.5, 0.6) is 5.75 Å². The lowest BCUT2D eigenvalue weighted by atomic mass is 10.1. The Bertz CT molecular complexity index is 704. The Balaban J connectivity index is 1.90. The van der Waals surface area contributed by atoms with Gasteiger partial charge in [0.05, 0.1) is 19.0 Å². The van der Waals surface area contributed by atoms with Gasteiger partial charge in [-0.1, -0.05) is 28.1 Å². The number of pyridine rings is 1. The molecule has 2 aromatic heterocycles. The molecule has 0 atom stereocenters. The Kier molecular flexibility index (Phi) is 3.25. The Morgan fingerprint density at radius 2 is 1.89 bits per heavy atom. The van der Waals surface area contributed by atoms with E-state index in [1.54, 1.807) is 7.11 Å². The van der Waals surface area contributed by atoms with Gasteiger partial charge in [0.2, 0.25) is 0 Å². The van der Waals surface area contributed by atoms with Crippen molar-refractivity contribution in [1.29, 1.82) is 0 Å². The Labute approximate surface area is 120 Å². The summed E-state index contributed by atoms with van der Waals surface area (Å²) in [5.74, 6) is 0.833. The van der Waals surface area contributed by atoms with Crippen molar-refractivity contribution in [1.82, 2.24) is 9.38 Å². The van der Waals surface area contributed by atoms with Crippen LogP contribution in [0.4, 0.5) is 0 Å². The van der Waals surface area contributed by atoms with E-state index in [-0.39, 0.29) is 0 Å². The molecule has 0 saturated carbocycles. The lowest BCUT2D eigenvalue weighted by Crippen LogP contribution is -1.87. The molecule has 3 rings (SSSR count). The third kappa shape index (κ3) is 2.63. The molecule has 0 radical (unpaired) electrons. The fourth-order valence-electron chi connectivity index (χ4n) is 2.04. The SMILES string of the molecule is COc1ccc2nc(Cc3ccc(Br)cc3)cn2c1. The minimum atomic E-state index is 0.831. The van der Waals surface area contributed by atoms with Gasteiger partial charge in [-0.3, -0.25) is 0 Å². The molecule has 1 aromatic carbocycles. The number of benzene rings is 1. The number of nitrogens with zero attached hydrogens (tertiary/aromatic N) is 2. The normalized spacial score (nSPS) is 10.8. The molecule has 0 saturated heterocycles. The van der Waals surface area contributed by atoms with E-state index in [2.05, 4.69) is 33.0 Å². The smallest absolute Gasteiger partial charge is 0.137 e. The van der Waals surface area contributed by atoms with Gasteiger partial charge in [-0.05, 0) is 29.8 Å². The predicted octanol–water partition coefficient (Wildman–Crippen LogP) is 3.70. The molecule has 19 heavy (non-hydrogen) atoms. The second-order valence-electron chi connectivity index (χ2n) is 4.37. The van der Waals surface area contributed by atoms with Crippen LogP contribution in [0, 0.1) is 0 Å². The third-order valence-corrected chi connectivity index (χ3v) is 3.54. The molecule has 0 spiro atoms. The first-order chi connectivity index (χ1) is 9.24. The highest BCUT2D eigenvalue weighted by Crippen LogP contribution is 2.16. The standard InChI is InChI=1S/C15H13BrN2O/c1-19-14-6-7-15-17-13(9-18(15)10-14)8-11-2-4-12(16)5-3-11/h2-7,9-10H,8H2,1H3. The first-order valence-electron chi connectivity index (χ1n) is 6.01. The van der Waals surface area contributed by atoms with Crippen LogP contribution >= 0.6 is 15.9 Å². The van der Waals surface area contributed by atoms with Gasteiger partial charge in [0.1, 0.15) is 11.4 Å². The summed E-state index contributed by atoms with van der Waals surface area (Å²) in [5, 5.41) is 0. The lowest BCUT2D eigenvalue weighted by molar-refractivity contribution is 0.412. The maximum absolute atomic E-state index is 5.21. The van der Waals surface area contributed by atoms with Gasteiger partial charge >= 0.3 is 0 Å². The Morgan fingerprint density at radius 3 is 2.63 bits per heavy atom. The Hall–Kier alpha value is -1.81. The van der Waals surface area contributed by atoms with E-state index >= 15 is 0 Å². The molecule has 0 amide bonds. The van der Waals surface area contributed by atoms with Crippen molar-refractivity contribution in [2.24, 2.45) is 0 Å². The van der Waals surface area contributed by atoms with E-state index in [1.165, 1.54) is 5.56 Å². The van der Waals surface area contributed by atoms with Crippen LogP contribution in [-0.4, -0.2) is 16.5 Å². The molecule has 96 valence electrons. The van der Waals surface area contributed by atoms with Crippen molar-refractivity contribution < 1.29 is 4.74 Å². The molecule has 3 nitrogen and oxygen atoms in total. The highest BCUT2D eigenvalue weighted by molar-refractivity contribution is 9.10. The van der Waals surface area contributed by atoms with Gasteiger partial charge in [0.25, 0.3) is 0 Å². The predicted molar refractivity (Wildman–Crippen MR) is 78.7 cm³/mol. The van der Waals surface area contributed by atoms with Crippen LogP contribution in [-0.2, 0) is 6.42 Å². The van der Waals surface area contributed by atoms with Crippen LogP contribution in [0.25, 0.3) is 5.65 Å². The van der Waals surface area contributed by atoms with Crippen LogP contribution in [0.2, 0.25) is 0 Å². The maximum Gasteiger partial charge on any atom is 0.137 e. The van der Waals surface area contributed by atoms with Crippen molar-refractivity contribution in [3.8, 4) is 5.75 Å². The monoisotopic (exact) mass is 316 g/mol. The fraction of sp³-hybridized carbons (Fsp3) is 0.133. The van der Waals surface area contributed by atoms with Gasteiger partial charge in [0, 0.05) is 17.1 Å². The quantitative estimate of drug-likeness (QED) is 0.736. The van der Waals surface area contributed by atoms with Gasteiger partial charge in [-0.15, -0.1) is 0 Å². The van der Waals surface area contributed by atoms with Crippen LogP contribution < -0.4 is 4.74 Å². The summed E-state index contributed by atoms with van der Waals surface area (Å²) in [4.78, 5) is 4.60. The molecule has 0 N–H and O–H groups in total. The van der Waals surface area contributed by atoms with E-state index in [0.717, 1.165) is 28.0 Å². The molecule has 0 aliphatic rings. The minimum absolute atomic E-state index is 0.831. The van der Waals surface area contributed by atoms with E-state index in [0.29, 0.717) is 0 Å². The number of halogens is 1. The zero-order chi connectivity index (χ0) is 13.2.